The first kappa shape index (κ1) is 20.8. The molecule has 0 unspecified atom stereocenters. The molecule has 0 spiro atoms. The summed E-state index contributed by atoms with van der Waals surface area (Å²) in [5, 5.41) is 14.7. The van der Waals surface area contributed by atoms with Crippen molar-refractivity contribution in [1.82, 2.24) is 20.3 Å². The van der Waals surface area contributed by atoms with Gasteiger partial charge in [-0.25, -0.2) is 9.97 Å². The lowest BCUT2D eigenvalue weighted by Gasteiger charge is -2.08. The van der Waals surface area contributed by atoms with Crippen molar-refractivity contribution in [2.45, 2.75) is 19.9 Å². The van der Waals surface area contributed by atoms with Gasteiger partial charge in [0.05, 0.1) is 33.9 Å². The zero-order valence-electron chi connectivity index (χ0n) is 17.5. The Kier molecular flexibility index (Phi) is 5.64. The lowest BCUT2D eigenvalue weighted by atomic mass is 10.1. The number of hydrogen-bond acceptors (Lipinski definition) is 5. The van der Waals surface area contributed by atoms with E-state index in [1.807, 2.05) is 19.9 Å². The maximum atomic E-state index is 12.8. The van der Waals surface area contributed by atoms with Crippen molar-refractivity contribution in [2.24, 2.45) is 0 Å². The number of carbonyl (C=O) groups excluding carboxylic acids is 2. The molecule has 8 nitrogen and oxygen atoms in total. The van der Waals surface area contributed by atoms with Crippen molar-refractivity contribution in [3.05, 3.63) is 77.5 Å². The number of nitrogens with zero attached hydrogens (tertiary/aromatic N) is 3. The molecule has 158 valence electrons. The highest BCUT2D eigenvalue weighted by Crippen LogP contribution is 2.21. The zero-order chi connectivity index (χ0) is 22.7. The minimum atomic E-state index is -0.449. The molecule has 0 bridgehead atoms. The van der Waals surface area contributed by atoms with Gasteiger partial charge in [-0.1, -0.05) is 24.3 Å². The fourth-order valence-corrected chi connectivity index (χ4v) is 3.26. The normalized spacial score (nSPS) is 10.7. The molecule has 4 aromatic rings. The van der Waals surface area contributed by atoms with E-state index in [1.165, 1.54) is 0 Å². The Morgan fingerprint density at radius 3 is 2.56 bits per heavy atom. The minimum Gasteiger partial charge on any atom is -0.350 e. The third-order valence-electron chi connectivity index (χ3n) is 4.68. The number of fused-ring (bicyclic) bond motifs is 1. The van der Waals surface area contributed by atoms with Crippen LogP contribution >= 0.6 is 0 Å². The number of benzene rings is 2. The molecule has 8 heteroatoms. The Balaban J connectivity index is 1.59. The van der Waals surface area contributed by atoms with Gasteiger partial charge in [0, 0.05) is 11.6 Å². The average molecular weight is 424 g/mol. The summed E-state index contributed by atoms with van der Waals surface area (Å²) in [4.78, 5) is 37.1. The largest absolute Gasteiger partial charge is 0.350 e. The molecule has 0 atom stereocenters. The van der Waals surface area contributed by atoms with Crippen LogP contribution in [0.1, 0.15) is 40.3 Å². The SMILES string of the molecule is CC(C)NC(=O)c1cccc2nc(NC(=O)c3cccc(-c4cccc(C#N)c4)n3)[nH]c12. The van der Waals surface area contributed by atoms with Crippen LogP contribution in [0.2, 0.25) is 0 Å². The maximum Gasteiger partial charge on any atom is 0.276 e. The molecule has 2 amide bonds. The summed E-state index contributed by atoms with van der Waals surface area (Å²) in [6.07, 6.45) is 0. The van der Waals surface area contributed by atoms with Crippen molar-refractivity contribution >= 4 is 28.8 Å². The predicted octanol–water partition coefficient (Wildman–Crippen LogP) is 3.89. The van der Waals surface area contributed by atoms with Crippen LogP contribution in [0.25, 0.3) is 22.3 Å². The Morgan fingerprint density at radius 1 is 1.00 bits per heavy atom. The van der Waals surface area contributed by atoms with Crippen LogP contribution in [0.15, 0.2) is 60.7 Å². The zero-order valence-corrected chi connectivity index (χ0v) is 17.5. The lowest BCUT2D eigenvalue weighted by Crippen LogP contribution is -2.30. The molecule has 2 aromatic heterocycles. The first-order valence-corrected chi connectivity index (χ1v) is 10.0. The number of carbonyl (C=O) groups is 2. The number of imidazole rings is 1. The molecular formula is C24H20N6O2. The van der Waals surface area contributed by atoms with Crippen LogP contribution in [0.5, 0.6) is 0 Å². The second-order valence-electron chi connectivity index (χ2n) is 7.47. The fourth-order valence-electron chi connectivity index (χ4n) is 3.26. The lowest BCUT2D eigenvalue weighted by molar-refractivity contribution is 0.0944. The van der Waals surface area contributed by atoms with Crippen molar-refractivity contribution < 1.29 is 9.59 Å². The predicted molar refractivity (Wildman–Crippen MR) is 121 cm³/mol. The van der Waals surface area contributed by atoms with Crippen LogP contribution in [0, 0.1) is 11.3 Å². The fraction of sp³-hybridized carbons (Fsp3) is 0.125. The van der Waals surface area contributed by atoms with Crippen LogP contribution < -0.4 is 10.6 Å². The summed E-state index contributed by atoms with van der Waals surface area (Å²) in [7, 11) is 0. The summed E-state index contributed by atoms with van der Waals surface area (Å²) in [6.45, 7) is 3.77. The second-order valence-corrected chi connectivity index (χ2v) is 7.47. The molecule has 0 radical (unpaired) electrons. The average Bonchev–Trinajstić information content (AvgIpc) is 3.21. The maximum absolute atomic E-state index is 12.8. The van der Waals surface area contributed by atoms with Gasteiger partial charge in [0.1, 0.15) is 5.69 Å². The van der Waals surface area contributed by atoms with Crippen molar-refractivity contribution in [2.75, 3.05) is 5.32 Å². The van der Waals surface area contributed by atoms with Crippen LogP contribution in [-0.2, 0) is 0 Å². The number of rotatable bonds is 5. The molecular weight excluding hydrogens is 404 g/mol. The molecule has 0 saturated carbocycles. The third kappa shape index (κ3) is 4.32. The molecule has 0 saturated heterocycles. The van der Waals surface area contributed by atoms with Gasteiger partial charge in [0.15, 0.2) is 0 Å². The van der Waals surface area contributed by atoms with E-state index in [9.17, 15) is 9.59 Å². The summed E-state index contributed by atoms with van der Waals surface area (Å²) in [5.74, 6) is -0.454. The van der Waals surface area contributed by atoms with Gasteiger partial charge >= 0.3 is 0 Å². The molecule has 2 aromatic carbocycles. The monoisotopic (exact) mass is 424 g/mol. The number of nitriles is 1. The number of amides is 2. The summed E-state index contributed by atoms with van der Waals surface area (Å²) in [5.41, 5.74) is 3.57. The molecule has 0 aliphatic carbocycles. The van der Waals surface area contributed by atoms with Gasteiger partial charge in [0.25, 0.3) is 11.8 Å². The molecule has 0 fully saturated rings. The van der Waals surface area contributed by atoms with E-state index < -0.39 is 5.91 Å². The van der Waals surface area contributed by atoms with Crippen molar-refractivity contribution in [3.8, 4) is 17.3 Å². The quantitative estimate of drug-likeness (QED) is 0.448. The highest BCUT2D eigenvalue weighted by atomic mass is 16.2. The number of aromatic nitrogens is 3. The smallest absolute Gasteiger partial charge is 0.276 e. The summed E-state index contributed by atoms with van der Waals surface area (Å²) < 4.78 is 0. The van der Waals surface area contributed by atoms with E-state index >= 15 is 0 Å². The standard InChI is InChI=1S/C24H20N6O2/c1-14(2)26-22(31)17-8-4-10-19-21(17)29-24(28-19)30-23(32)20-11-5-9-18(27-20)16-7-3-6-15(12-16)13-25/h3-12,14H,1-2H3,(H,26,31)(H2,28,29,30,32). The topological polar surface area (TPSA) is 124 Å². The van der Waals surface area contributed by atoms with Crippen molar-refractivity contribution in [1.29, 1.82) is 5.26 Å². The van der Waals surface area contributed by atoms with Gasteiger partial charge in [0.2, 0.25) is 5.95 Å². The Morgan fingerprint density at radius 2 is 1.78 bits per heavy atom. The van der Waals surface area contributed by atoms with E-state index in [4.69, 9.17) is 5.26 Å². The summed E-state index contributed by atoms with van der Waals surface area (Å²) >= 11 is 0. The van der Waals surface area contributed by atoms with Gasteiger partial charge in [-0.3, -0.25) is 14.9 Å². The molecule has 32 heavy (non-hydrogen) atoms. The minimum absolute atomic E-state index is 0.00736. The number of pyridine rings is 1. The van der Waals surface area contributed by atoms with Gasteiger partial charge < -0.3 is 10.3 Å². The van der Waals surface area contributed by atoms with Gasteiger partial charge in [-0.05, 0) is 50.2 Å². The molecule has 3 N–H and O–H groups in total. The first-order valence-electron chi connectivity index (χ1n) is 10.0. The second kappa shape index (κ2) is 8.70. The number of hydrogen-bond donors (Lipinski definition) is 3. The van der Waals surface area contributed by atoms with E-state index in [0.29, 0.717) is 27.9 Å². The van der Waals surface area contributed by atoms with E-state index in [2.05, 4.69) is 31.7 Å². The number of H-pyrrole nitrogens is 1. The Hall–Kier alpha value is -4.51. The highest BCUT2D eigenvalue weighted by Gasteiger charge is 2.16. The Labute approximate surface area is 184 Å². The number of anilines is 1. The van der Waals surface area contributed by atoms with E-state index in [-0.39, 0.29) is 23.6 Å². The highest BCUT2D eigenvalue weighted by molar-refractivity contribution is 6.07. The molecule has 0 aliphatic rings. The molecule has 2 heterocycles. The van der Waals surface area contributed by atoms with Crippen LogP contribution in [0.3, 0.4) is 0 Å². The van der Waals surface area contributed by atoms with Crippen molar-refractivity contribution in [3.63, 3.8) is 0 Å². The number of nitrogens with one attached hydrogen (secondary N) is 3. The van der Waals surface area contributed by atoms with Crippen LogP contribution in [0.4, 0.5) is 5.95 Å². The van der Waals surface area contributed by atoms with E-state index in [1.54, 1.807) is 54.6 Å². The van der Waals surface area contributed by atoms with Gasteiger partial charge in [-0.15, -0.1) is 0 Å². The number of para-hydroxylation sites is 1. The molecule has 0 aliphatic heterocycles. The first-order chi connectivity index (χ1) is 15.4. The number of aromatic amines is 1. The summed E-state index contributed by atoms with van der Waals surface area (Å²) in [6, 6.07) is 19.4. The van der Waals surface area contributed by atoms with E-state index in [0.717, 1.165) is 5.56 Å². The van der Waals surface area contributed by atoms with Gasteiger partial charge in [-0.2, -0.15) is 5.26 Å². The molecule has 4 rings (SSSR count). The third-order valence-corrected chi connectivity index (χ3v) is 4.68. The Bertz CT molecular complexity index is 1370. The van der Waals surface area contributed by atoms with Crippen LogP contribution in [-0.4, -0.2) is 32.8 Å².